The summed E-state index contributed by atoms with van der Waals surface area (Å²) in [6.07, 6.45) is 3.05. The summed E-state index contributed by atoms with van der Waals surface area (Å²) < 4.78 is 0. The zero-order valence-corrected chi connectivity index (χ0v) is 16.1. The minimum absolute atomic E-state index is 0.252. The highest BCUT2D eigenvalue weighted by atomic mass is 32.2. The average molecular weight is 362 g/mol. The first-order valence-electron chi connectivity index (χ1n) is 9.14. The molecule has 2 nitrogen and oxygen atoms in total. The highest BCUT2D eigenvalue weighted by Gasteiger charge is 2.54. The molecule has 1 unspecified atom stereocenters. The van der Waals surface area contributed by atoms with Crippen LogP contribution < -0.4 is 0 Å². The van der Waals surface area contributed by atoms with Crippen LogP contribution in [0.3, 0.4) is 0 Å². The van der Waals surface area contributed by atoms with Gasteiger partial charge < -0.3 is 4.90 Å². The fraction of sp³-hybridized carbons (Fsp3) is 0.261. The van der Waals surface area contributed by atoms with Crippen molar-refractivity contribution in [2.45, 2.75) is 25.1 Å². The molecule has 0 saturated carbocycles. The fourth-order valence-electron chi connectivity index (χ4n) is 4.05. The van der Waals surface area contributed by atoms with Crippen molar-refractivity contribution in [1.82, 2.24) is 4.90 Å². The summed E-state index contributed by atoms with van der Waals surface area (Å²) in [4.78, 5) is 15.7. The molecule has 2 aromatic rings. The van der Waals surface area contributed by atoms with Crippen molar-refractivity contribution < 1.29 is 4.79 Å². The van der Waals surface area contributed by atoms with Crippen molar-refractivity contribution in [3.63, 3.8) is 0 Å². The Morgan fingerprint density at radius 3 is 2.23 bits per heavy atom. The monoisotopic (exact) mass is 361 g/mol. The molecule has 3 heteroatoms. The molecule has 0 spiro atoms. The van der Waals surface area contributed by atoms with Gasteiger partial charge in [0.05, 0.1) is 11.3 Å². The molecular formula is C23H23NOS. The van der Waals surface area contributed by atoms with Gasteiger partial charge in [-0.1, -0.05) is 79.2 Å². The summed E-state index contributed by atoms with van der Waals surface area (Å²) in [6, 6.07) is 20.5. The Bertz CT molecular complexity index is 885. The average Bonchev–Trinajstić information content (AvgIpc) is 2.92. The van der Waals surface area contributed by atoms with E-state index in [1.807, 2.05) is 36.4 Å². The van der Waals surface area contributed by atoms with E-state index in [1.165, 1.54) is 5.57 Å². The number of Topliss-reactive ketones (excluding diaryl/α,β-unsaturated/α-hetero) is 1. The zero-order valence-electron chi connectivity index (χ0n) is 15.2. The van der Waals surface area contributed by atoms with Gasteiger partial charge in [0.15, 0.2) is 4.87 Å². The second kappa shape index (κ2) is 6.81. The molecule has 2 aromatic carbocycles. The van der Waals surface area contributed by atoms with E-state index in [2.05, 4.69) is 49.1 Å². The van der Waals surface area contributed by atoms with E-state index in [9.17, 15) is 4.79 Å². The number of carbonyl (C=O) groups excluding carboxylic acids is 1. The van der Waals surface area contributed by atoms with E-state index in [0.29, 0.717) is 0 Å². The molecule has 1 atom stereocenters. The number of hydrogen-bond acceptors (Lipinski definition) is 3. The van der Waals surface area contributed by atoms with Crippen molar-refractivity contribution in [3.05, 3.63) is 83.4 Å². The molecule has 0 amide bonds. The predicted octanol–water partition coefficient (Wildman–Crippen LogP) is 5.24. The molecule has 4 rings (SSSR count). The lowest BCUT2D eigenvalue weighted by atomic mass is 9.94. The van der Waals surface area contributed by atoms with Crippen LogP contribution in [0.25, 0.3) is 11.3 Å². The number of nitrogens with zero attached hydrogens (tertiary/aromatic N) is 1. The molecule has 26 heavy (non-hydrogen) atoms. The van der Waals surface area contributed by atoms with Crippen molar-refractivity contribution >= 4 is 28.8 Å². The van der Waals surface area contributed by atoms with Crippen molar-refractivity contribution in [2.75, 3.05) is 12.3 Å². The maximum absolute atomic E-state index is 13.8. The molecule has 0 aliphatic carbocycles. The van der Waals surface area contributed by atoms with Gasteiger partial charge in [-0.15, -0.1) is 11.8 Å². The quantitative estimate of drug-likeness (QED) is 0.695. The Labute approximate surface area is 159 Å². The largest absolute Gasteiger partial charge is 0.345 e. The van der Waals surface area contributed by atoms with Gasteiger partial charge in [0.2, 0.25) is 5.78 Å². The van der Waals surface area contributed by atoms with Crippen LogP contribution in [0, 0.1) is 0 Å². The minimum Gasteiger partial charge on any atom is -0.345 e. The molecule has 0 N–H and O–H groups in total. The van der Waals surface area contributed by atoms with Gasteiger partial charge in [-0.05, 0) is 23.8 Å². The summed E-state index contributed by atoms with van der Waals surface area (Å²) in [7, 11) is 0. The maximum atomic E-state index is 13.8. The lowest BCUT2D eigenvalue weighted by Crippen LogP contribution is -2.49. The molecule has 2 aliphatic rings. The lowest BCUT2D eigenvalue weighted by Gasteiger charge is -2.42. The van der Waals surface area contributed by atoms with Crippen LogP contribution in [0.2, 0.25) is 0 Å². The summed E-state index contributed by atoms with van der Waals surface area (Å²) in [5.74, 6) is 1.17. The first-order chi connectivity index (χ1) is 12.7. The van der Waals surface area contributed by atoms with E-state index >= 15 is 0 Å². The standard InChI is InChI=1S/C23H23NOS/c1-3-26-23-16-17(2)14-15-24(23)21(19-12-8-5-9-13-19)20(22(23)25)18-10-6-4-7-11-18/h4-14H,3,15-16H2,1-2H3. The SMILES string of the molecule is CCSC12CC(C)=CCN1C(c1ccccc1)=C(c1ccccc1)C2=O. The number of rotatable bonds is 4. The summed E-state index contributed by atoms with van der Waals surface area (Å²) in [5.41, 5.74) is 5.37. The van der Waals surface area contributed by atoms with Gasteiger partial charge in [0.1, 0.15) is 0 Å². The predicted molar refractivity (Wildman–Crippen MR) is 111 cm³/mol. The molecule has 2 heterocycles. The van der Waals surface area contributed by atoms with Gasteiger partial charge in [-0.25, -0.2) is 0 Å². The van der Waals surface area contributed by atoms with Crippen LogP contribution in [0.4, 0.5) is 0 Å². The first-order valence-corrected chi connectivity index (χ1v) is 10.1. The van der Waals surface area contributed by atoms with Crippen LogP contribution in [-0.4, -0.2) is 27.9 Å². The number of carbonyl (C=O) groups is 1. The third kappa shape index (κ3) is 2.62. The molecule has 2 aliphatic heterocycles. The third-order valence-corrected chi connectivity index (χ3v) is 6.47. The van der Waals surface area contributed by atoms with Crippen LogP contribution in [-0.2, 0) is 4.79 Å². The number of benzene rings is 2. The van der Waals surface area contributed by atoms with E-state index in [0.717, 1.165) is 41.1 Å². The maximum Gasteiger partial charge on any atom is 0.201 e. The Morgan fingerprint density at radius 1 is 1.00 bits per heavy atom. The van der Waals surface area contributed by atoms with Gasteiger partial charge in [0, 0.05) is 13.0 Å². The molecule has 0 aromatic heterocycles. The lowest BCUT2D eigenvalue weighted by molar-refractivity contribution is -0.118. The molecule has 0 fully saturated rings. The van der Waals surface area contributed by atoms with Crippen molar-refractivity contribution in [2.24, 2.45) is 0 Å². The van der Waals surface area contributed by atoms with Gasteiger partial charge in [-0.2, -0.15) is 0 Å². The van der Waals surface area contributed by atoms with Crippen molar-refractivity contribution in [3.8, 4) is 0 Å². The molecule has 132 valence electrons. The Balaban J connectivity index is 1.96. The highest BCUT2D eigenvalue weighted by molar-refractivity contribution is 8.01. The normalized spacial score (nSPS) is 22.5. The van der Waals surface area contributed by atoms with Crippen LogP contribution in [0.5, 0.6) is 0 Å². The topological polar surface area (TPSA) is 20.3 Å². The van der Waals surface area contributed by atoms with Gasteiger partial charge in [-0.3, -0.25) is 4.79 Å². The minimum atomic E-state index is -0.510. The molecule has 0 saturated heterocycles. The fourth-order valence-corrected chi connectivity index (χ4v) is 5.42. The zero-order chi connectivity index (χ0) is 18.1. The Kier molecular flexibility index (Phi) is 4.49. The van der Waals surface area contributed by atoms with E-state index < -0.39 is 4.87 Å². The summed E-state index contributed by atoms with van der Waals surface area (Å²) in [6.45, 7) is 5.07. The Hall–Kier alpha value is -2.26. The Morgan fingerprint density at radius 2 is 1.62 bits per heavy atom. The summed E-state index contributed by atoms with van der Waals surface area (Å²) >= 11 is 1.77. The highest BCUT2D eigenvalue weighted by Crippen LogP contribution is 2.53. The molecule has 0 radical (unpaired) electrons. The van der Waals surface area contributed by atoms with Crippen molar-refractivity contribution in [1.29, 1.82) is 0 Å². The smallest absolute Gasteiger partial charge is 0.201 e. The van der Waals surface area contributed by atoms with Crippen LogP contribution in [0.1, 0.15) is 31.4 Å². The number of fused-ring (bicyclic) bond motifs is 1. The molecular weight excluding hydrogens is 338 g/mol. The van der Waals surface area contributed by atoms with E-state index in [1.54, 1.807) is 11.8 Å². The first kappa shape index (κ1) is 17.2. The second-order valence-corrected chi connectivity index (χ2v) is 8.38. The van der Waals surface area contributed by atoms with E-state index in [-0.39, 0.29) is 5.78 Å². The number of ketones is 1. The summed E-state index contributed by atoms with van der Waals surface area (Å²) in [5, 5.41) is 0. The third-order valence-electron chi connectivity index (χ3n) is 5.16. The van der Waals surface area contributed by atoms with Gasteiger partial charge in [0.25, 0.3) is 0 Å². The second-order valence-electron chi connectivity index (χ2n) is 6.84. The van der Waals surface area contributed by atoms with Crippen LogP contribution in [0.15, 0.2) is 72.3 Å². The van der Waals surface area contributed by atoms with E-state index in [4.69, 9.17) is 0 Å². The number of thioether (sulfide) groups is 1. The van der Waals surface area contributed by atoms with Crippen LogP contribution >= 0.6 is 11.8 Å². The van der Waals surface area contributed by atoms with Gasteiger partial charge >= 0.3 is 0 Å². The molecule has 0 bridgehead atoms. The number of hydrogen-bond donors (Lipinski definition) is 0.